The summed E-state index contributed by atoms with van der Waals surface area (Å²) in [5, 5.41) is 0. The van der Waals surface area contributed by atoms with E-state index in [1.54, 1.807) is 0 Å². The highest BCUT2D eigenvalue weighted by Gasteiger charge is 2.50. The molecule has 4 heteroatoms. The minimum Gasteiger partial charge on any atom is -0.363 e. The van der Waals surface area contributed by atoms with Crippen LogP contribution in [-0.4, -0.2) is 29.8 Å². The van der Waals surface area contributed by atoms with Gasteiger partial charge in [-0.15, -0.1) is 0 Å². The lowest BCUT2D eigenvalue weighted by Gasteiger charge is -2.54. The molecule has 3 aliphatic heterocycles. The Morgan fingerprint density at radius 1 is 1.00 bits per heavy atom. The van der Waals surface area contributed by atoms with E-state index in [0.717, 1.165) is 19.6 Å². The fraction of sp³-hybridized carbons (Fsp3) is 0.500. The SMILES string of the molecule is CC(C)[C@H]1CN2c3ccccc3SC2N([C@H]2CCCCO2)[C@H]1c1ccccc1. The fourth-order valence-corrected chi connectivity index (χ4v) is 6.52. The van der Waals surface area contributed by atoms with Crippen LogP contribution in [0.1, 0.15) is 44.7 Å². The number of hydrogen-bond acceptors (Lipinski definition) is 4. The number of para-hydroxylation sites is 1. The molecule has 0 N–H and O–H groups in total. The number of rotatable bonds is 3. The predicted molar refractivity (Wildman–Crippen MR) is 116 cm³/mol. The monoisotopic (exact) mass is 394 g/mol. The van der Waals surface area contributed by atoms with Crippen molar-refractivity contribution in [2.45, 2.75) is 55.8 Å². The smallest absolute Gasteiger partial charge is 0.138 e. The van der Waals surface area contributed by atoms with Gasteiger partial charge in [-0.2, -0.15) is 0 Å². The summed E-state index contributed by atoms with van der Waals surface area (Å²) in [5.41, 5.74) is 3.16. The first-order valence-corrected chi connectivity index (χ1v) is 11.6. The van der Waals surface area contributed by atoms with Gasteiger partial charge in [-0.05, 0) is 48.8 Å². The molecular weight excluding hydrogens is 364 g/mol. The number of fused-ring (bicyclic) bond motifs is 3. The van der Waals surface area contributed by atoms with Gasteiger partial charge in [0.15, 0.2) is 0 Å². The number of nitrogens with zero attached hydrogens (tertiary/aromatic N) is 2. The van der Waals surface area contributed by atoms with E-state index in [2.05, 4.69) is 78.2 Å². The van der Waals surface area contributed by atoms with Crippen molar-refractivity contribution >= 4 is 17.4 Å². The highest BCUT2D eigenvalue weighted by Crippen LogP contribution is 2.53. The van der Waals surface area contributed by atoms with Crippen LogP contribution in [0.2, 0.25) is 0 Å². The highest BCUT2D eigenvalue weighted by atomic mass is 32.2. The molecule has 2 aromatic rings. The standard InChI is InChI=1S/C24H30N2OS/c1-17(2)19-16-25-20-12-6-7-13-21(20)28-24(25)26(22-14-8-9-15-27-22)23(19)18-10-4-3-5-11-18/h3-7,10-13,17,19,22-24H,8-9,14-16H2,1-2H3/t19-,22-,23+,24?/m1/s1. The van der Waals surface area contributed by atoms with Crippen molar-refractivity contribution < 1.29 is 4.74 Å². The summed E-state index contributed by atoms with van der Waals surface area (Å²) in [6.45, 7) is 6.76. The van der Waals surface area contributed by atoms with E-state index in [-0.39, 0.29) is 6.23 Å². The second-order valence-corrected chi connectivity index (χ2v) is 9.69. The van der Waals surface area contributed by atoms with Gasteiger partial charge >= 0.3 is 0 Å². The van der Waals surface area contributed by atoms with Crippen LogP contribution < -0.4 is 4.90 Å². The largest absolute Gasteiger partial charge is 0.363 e. The Kier molecular flexibility index (Phi) is 5.12. The molecule has 0 radical (unpaired) electrons. The average molecular weight is 395 g/mol. The summed E-state index contributed by atoms with van der Waals surface area (Å²) in [6, 6.07) is 20.5. The van der Waals surface area contributed by atoms with Crippen molar-refractivity contribution in [3.63, 3.8) is 0 Å². The second-order valence-electron chi connectivity index (χ2n) is 8.60. The Hall–Kier alpha value is -1.49. The first kappa shape index (κ1) is 18.5. The summed E-state index contributed by atoms with van der Waals surface area (Å²) >= 11 is 2.01. The maximum absolute atomic E-state index is 6.39. The quantitative estimate of drug-likeness (QED) is 0.659. The third kappa shape index (κ3) is 3.16. The van der Waals surface area contributed by atoms with Crippen molar-refractivity contribution in [1.29, 1.82) is 0 Å². The third-order valence-electron chi connectivity index (χ3n) is 6.55. The number of hydrogen-bond donors (Lipinski definition) is 0. The number of anilines is 1. The lowest BCUT2D eigenvalue weighted by atomic mass is 9.81. The Morgan fingerprint density at radius 3 is 2.54 bits per heavy atom. The van der Waals surface area contributed by atoms with Gasteiger partial charge in [0.05, 0.1) is 5.69 Å². The van der Waals surface area contributed by atoms with E-state index >= 15 is 0 Å². The van der Waals surface area contributed by atoms with Crippen LogP contribution in [0.5, 0.6) is 0 Å². The molecule has 1 unspecified atom stereocenters. The zero-order valence-electron chi connectivity index (χ0n) is 16.8. The zero-order valence-corrected chi connectivity index (χ0v) is 17.6. The van der Waals surface area contributed by atoms with E-state index in [0.29, 0.717) is 23.4 Å². The van der Waals surface area contributed by atoms with Gasteiger partial charge in [0.25, 0.3) is 0 Å². The number of ether oxygens (including phenoxy) is 1. The van der Waals surface area contributed by atoms with Crippen LogP contribution in [0, 0.1) is 11.8 Å². The normalized spacial score (nSPS) is 30.3. The number of thioether (sulfide) groups is 1. The molecule has 2 aromatic carbocycles. The van der Waals surface area contributed by atoms with Gasteiger partial charge in [0, 0.05) is 24.1 Å². The van der Waals surface area contributed by atoms with E-state index in [9.17, 15) is 0 Å². The Bertz CT molecular complexity index is 805. The first-order chi connectivity index (χ1) is 13.7. The molecule has 148 valence electrons. The van der Waals surface area contributed by atoms with Crippen molar-refractivity contribution in [2.75, 3.05) is 18.1 Å². The molecule has 0 amide bonds. The Balaban J connectivity index is 1.60. The van der Waals surface area contributed by atoms with Crippen molar-refractivity contribution in [3.8, 4) is 0 Å². The molecule has 3 nitrogen and oxygen atoms in total. The van der Waals surface area contributed by atoms with Crippen LogP contribution in [0.15, 0.2) is 59.5 Å². The van der Waals surface area contributed by atoms with Gasteiger partial charge in [-0.25, -0.2) is 4.90 Å². The zero-order chi connectivity index (χ0) is 19.1. The highest BCUT2D eigenvalue weighted by molar-refractivity contribution is 8.00. The van der Waals surface area contributed by atoms with E-state index in [1.807, 2.05) is 11.8 Å². The van der Waals surface area contributed by atoms with Crippen LogP contribution in [0.4, 0.5) is 5.69 Å². The van der Waals surface area contributed by atoms with Gasteiger partial charge in [0.2, 0.25) is 0 Å². The minimum atomic E-state index is 0.204. The van der Waals surface area contributed by atoms with Crippen LogP contribution in [0.25, 0.3) is 0 Å². The molecule has 28 heavy (non-hydrogen) atoms. The summed E-state index contributed by atoms with van der Waals surface area (Å²) in [4.78, 5) is 6.76. The van der Waals surface area contributed by atoms with Gasteiger partial charge < -0.3 is 9.64 Å². The molecule has 0 aliphatic carbocycles. The van der Waals surface area contributed by atoms with Gasteiger partial charge in [-0.3, -0.25) is 0 Å². The molecule has 0 saturated carbocycles. The second kappa shape index (κ2) is 7.74. The van der Waals surface area contributed by atoms with Crippen molar-refractivity contribution in [1.82, 2.24) is 4.90 Å². The molecule has 2 fully saturated rings. The molecule has 0 spiro atoms. The van der Waals surface area contributed by atoms with E-state index < -0.39 is 0 Å². The van der Waals surface area contributed by atoms with E-state index in [1.165, 1.54) is 29.0 Å². The van der Waals surface area contributed by atoms with E-state index in [4.69, 9.17) is 4.74 Å². The Labute approximate surface area is 173 Å². The molecule has 0 bridgehead atoms. The topological polar surface area (TPSA) is 15.7 Å². The average Bonchev–Trinajstić information content (AvgIpc) is 3.12. The van der Waals surface area contributed by atoms with Crippen LogP contribution in [0.3, 0.4) is 0 Å². The molecule has 4 atom stereocenters. The third-order valence-corrected chi connectivity index (χ3v) is 7.86. The summed E-state index contributed by atoms with van der Waals surface area (Å²) in [7, 11) is 0. The first-order valence-electron chi connectivity index (χ1n) is 10.7. The summed E-state index contributed by atoms with van der Waals surface area (Å²) in [5.74, 6) is 1.17. The minimum absolute atomic E-state index is 0.204. The maximum atomic E-state index is 6.39. The fourth-order valence-electron chi connectivity index (χ4n) is 5.11. The number of benzene rings is 2. The van der Waals surface area contributed by atoms with Crippen molar-refractivity contribution in [2.24, 2.45) is 11.8 Å². The lowest BCUT2D eigenvalue weighted by molar-refractivity contribution is -0.130. The van der Waals surface area contributed by atoms with Gasteiger partial charge in [0.1, 0.15) is 11.7 Å². The molecule has 2 saturated heterocycles. The molecule has 3 heterocycles. The lowest BCUT2D eigenvalue weighted by Crippen LogP contribution is -2.60. The molecule has 5 rings (SSSR count). The predicted octanol–water partition coefficient (Wildman–Crippen LogP) is 5.74. The summed E-state index contributed by atoms with van der Waals surface area (Å²) < 4.78 is 6.39. The van der Waals surface area contributed by atoms with Crippen molar-refractivity contribution in [3.05, 3.63) is 60.2 Å². The summed E-state index contributed by atoms with van der Waals surface area (Å²) in [6.07, 6.45) is 3.79. The molecule has 3 aliphatic rings. The van der Waals surface area contributed by atoms with Gasteiger partial charge in [-0.1, -0.05) is 68.1 Å². The van der Waals surface area contributed by atoms with Crippen LogP contribution in [-0.2, 0) is 4.74 Å². The molecule has 0 aromatic heterocycles. The maximum Gasteiger partial charge on any atom is 0.138 e. The Morgan fingerprint density at radius 2 is 1.79 bits per heavy atom. The molecular formula is C24H30N2OS. The van der Waals surface area contributed by atoms with Crippen LogP contribution >= 0.6 is 11.8 Å².